The maximum absolute atomic E-state index is 8.89. The number of benzene rings is 1. The predicted octanol–water partition coefficient (Wildman–Crippen LogP) is 2.45. The Hall–Kier alpha value is -1.77. The highest BCUT2D eigenvalue weighted by Gasteiger charge is 1.98. The Labute approximate surface area is 97.3 Å². The summed E-state index contributed by atoms with van der Waals surface area (Å²) in [6.07, 6.45) is 8.15. The second-order valence-electron chi connectivity index (χ2n) is 3.61. The van der Waals surface area contributed by atoms with Gasteiger partial charge in [-0.25, -0.2) is 0 Å². The van der Waals surface area contributed by atoms with Gasteiger partial charge in [0.05, 0.1) is 11.6 Å². The number of hydrogen-bond acceptors (Lipinski definition) is 2. The number of terminal acetylenes is 1. The van der Waals surface area contributed by atoms with E-state index in [1.165, 1.54) is 0 Å². The van der Waals surface area contributed by atoms with Gasteiger partial charge in [0, 0.05) is 13.0 Å². The molecule has 0 saturated carbocycles. The number of rotatable bonds is 6. The third-order valence-electron chi connectivity index (χ3n) is 2.38. The SMILES string of the molecule is C#CCCCCNCc1ccccc1C#N. The largest absolute Gasteiger partial charge is 0.313 e. The van der Waals surface area contributed by atoms with E-state index in [0.717, 1.165) is 43.5 Å². The van der Waals surface area contributed by atoms with Crippen LogP contribution >= 0.6 is 0 Å². The normalized spacial score (nSPS) is 9.38. The molecule has 0 amide bonds. The van der Waals surface area contributed by atoms with Crippen molar-refractivity contribution in [2.75, 3.05) is 6.54 Å². The molecule has 1 rings (SSSR count). The number of hydrogen-bond donors (Lipinski definition) is 1. The second kappa shape index (κ2) is 7.51. The Balaban J connectivity index is 2.27. The molecule has 0 unspecified atom stereocenters. The molecule has 0 aromatic heterocycles. The summed E-state index contributed by atoms with van der Waals surface area (Å²) in [4.78, 5) is 0. The lowest BCUT2D eigenvalue weighted by Crippen LogP contribution is -2.15. The average Bonchev–Trinajstić information content (AvgIpc) is 2.34. The van der Waals surface area contributed by atoms with Crippen LogP contribution in [0.15, 0.2) is 24.3 Å². The van der Waals surface area contributed by atoms with E-state index >= 15 is 0 Å². The van der Waals surface area contributed by atoms with Crippen LogP contribution in [0.2, 0.25) is 0 Å². The Kier molecular flexibility index (Phi) is 5.78. The summed E-state index contributed by atoms with van der Waals surface area (Å²) in [7, 11) is 0. The Bertz CT molecular complexity index is 396. The lowest BCUT2D eigenvalue weighted by Gasteiger charge is -2.05. The topological polar surface area (TPSA) is 35.8 Å². The van der Waals surface area contributed by atoms with Crippen LogP contribution in [-0.4, -0.2) is 6.54 Å². The molecule has 0 aliphatic heterocycles. The molecule has 82 valence electrons. The molecule has 1 aromatic rings. The van der Waals surface area contributed by atoms with E-state index in [1.807, 2.05) is 24.3 Å². The minimum Gasteiger partial charge on any atom is -0.313 e. The van der Waals surface area contributed by atoms with Crippen LogP contribution in [0.4, 0.5) is 0 Å². The van der Waals surface area contributed by atoms with Crippen molar-refractivity contribution in [2.24, 2.45) is 0 Å². The summed E-state index contributed by atoms with van der Waals surface area (Å²) in [5.74, 6) is 2.62. The van der Waals surface area contributed by atoms with Crippen molar-refractivity contribution in [2.45, 2.75) is 25.8 Å². The zero-order valence-electron chi connectivity index (χ0n) is 9.37. The van der Waals surface area contributed by atoms with E-state index in [2.05, 4.69) is 17.3 Å². The fourth-order valence-corrected chi connectivity index (χ4v) is 1.48. The van der Waals surface area contributed by atoms with E-state index in [4.69, 9.17) is 11.7 Å². The zero-order chi connectivity index (χ0) is 11.6. The molecule has 0 aliphatic carbocycles. The molecule has 0 heterocycles. The highest BCUT2D eigenvalue weighted by Crippen LogP contribution is 2.06. The number of unbranched alkanes of at least 4 members (excludes halogenated alkanes) is 2. The van der Waals surface area contributed by atoms with Gasteiger partial charge in [-0.1, -0.05) is 18.2 Å². The predicted molar refractivity (Wildman–Crippen MR) is 65.5 cm³/mol. The zero-order valence-corrected chi connectivity index (χ0v) is 9.37. The quantitative estimate of drug-likeness (QED) is 0.580. The molecule has 0 spiro atoms. The molecule has 0 saturated heterocycles. The standard InChI is InChI=1S/C14H16N2/c1-2-3-4-7-10-16-12-14-9-6-5-8-13(14)11-15/h1,5-6,8-9,16H,3-4,7,10,12H2. The molecule has 1 aromatic carbocycles. The van der Waals surface area contributed by atoms with Gasteiger partial charge in [-0.2, -0.15) is 5.26 Å². The van der Waals surface area contributed by atoms with Crippen molar-refractivity contribution in [3.63, 3.8) is 0 Å². The molecule has 0 radical (unpaired) electrons. The monoisotopic (exact) mass is 212 g/mol. The summed E-state index contributed by atoms with van der Waals surface area (Å²) in [5.41, 5.74) is 1.81. The molecule has 0 atom stereocenters. The van der Waals surface area contributed by atoms with Crippen molar-refractivity contribution < 1.29 is 0 Å². The summed E-state index contributed by atoms with van der Waals surface area (Å²) in [6, 6.07) is 9.85. The Morgan fingerprint density at radius 1 is 1.25 bits per heavy atom. The minimum atomic E-state index is 0.749. The second-order valence-corrected chi connectivity index (χ2v) is 3.61. The summed E-state index contributed by atoms with van der Waals surface area (Å²) in [5, 5.41) is 12.2. The van der Waals surface area contributed by atoms with Gasteiger partial charge in [0.15, 0.2) is 0 Å². The van der Waals surface area contributed by atoms with Crippen LogP contribution in [0, 0.1) is 23.7 Å². The lowest BCUT2D eigenvalue weighted by atomic mass is 10.1. The van der Waals surface area contributed by atoms with Gasteiger partial charge < -0.3 is 5.32 Å². The molecule has 0 fully saturated rings. The first-order valence-corrected chi connectivity index (χ1v) is 5.50. The maximum Gasteiger partial charge on any atom is 0.0995 e. The third-order valence-corrected chi connectivity index (χ3v) is 2.38. The molecular weight excluding hydrogens is 196 g/mol. The van der Waals surface area contributed by atoms with Gasteiger partial charge in [-0.3, -0.25) is 0 Å². The molecule has 1 N–H and O–H groups in total. The van der Waals surface area contributed by atoms with Crippen molar-refractivity contribution in [3.05, 3.63) is 35.4 Å². The molecule has 2 nitrogen and oxygen atoms in total. The Morgan fingerprint density at radius 3 is 2.81 bits per heavy atom. The van der Waals surface area contributed by atoms with E-state index in [1.54, 1.807) is 0 Å². The van der Waals surface area contributed by atoms with Crippen LogP contribution in [0.5, 0.6) is 0 Å². The van der Waals surface area contributed by atoms with Gasteiger partial charge >= 0.3 is 0 Å². The van der Waals surface area contributed by atoms with Crippen LogP contribution in [-0.2, 0) is 6.54 Å². The van der Waals surface area contributed by atoms with E-state index in [-0.39, 0.29) is 0 Å². The molecule has 2 heteroatoms. The molecular formula is C14H16N2. The van der Waals surface area contributed by atoms with E-state index in [0.29, 0.717) is 0 Å². The van der Waals surface area contributed by atoms with Crippen LogP contribution in [0.1, 0.15) is 30.4 Å². The van der Waals surface area contributed by atoms with Gasteiger partial charge in [0.1, 0.15) is 0 Å². The highest BCUT2D eigenvalue weighted by atomic mass is 14.8. The molecule has 16 heavy (non-hydrogen) atoms. The van der Waals surface area contributed by atoms with E-state index in [9.17, 15) is 0 Å². The van der Waals surface area contributed by atoms with Gasteiger partial charge in [-0.05, 0) is 31.0 Å². The van der Waals surface area contributed by atoms with Crippen LogP contribution in [0.3, 0.4) is 0 Å². The maximum atomic E-state index is 8.89. The smallest absolute Gasteiger partial charge is 0.0995 e. The average molecular weight is 212 g/mol. The first kappa shape index (κ1) is 12.3. The highest BCUT2D eigenvalue weighted by molar-refractivity contribution is 5.37. The lowest BCUT2D eigenvalue weighted by molar-refractivity contribution is 0.629. The summed E-state index contributed by atoms with van der Waals surface area (Å²) < 4.78 is 0. The van der Waals surface area contributed by atoms with Crippen molar-refractivity contribution in [3.8, 4) is 18.4 Å². The summed E-state index contributed by atoms with van der Waals surface area (Å²) in [6.45, 7) is 1.70. The van der Waals surface area contributed by atoms with Crippen LogP contribution < -0.4 is 5.32 Å². The molecule has 0 aliphatic rings. The Morgan fingerprint density at radius 2 is 2.06 bits per heavy atom. The first-order valence-electron chi connectivity index (χ1n) is 5.50. The van der Waals surface area contributed by atoms with Gasteiger partial charge in [0.25, 0.3) is 0 Å². The van der Waals surface area contributed by atoms with Crippen molar-refractivity contribution in [1.82, 2.24) is 5.32 Å². The van der Waals surface area contributed by atoms with Gasteiger partial charge in [-0.15, -0.1) is 12.3 Å². The fraction of sp³-hybridized carbons (Fsp3) is 0.357. The molecule has 0 bridgehead atoms. The van der Waals surface area contributed by atoms with Crippen LogP contribution in [0.25, 0.3) is 0 Å². The number of nitrogens with zero attached hydrogens (tertiary/aromatic N) is 1. The number of nitriles is 1. The van der Waals surface area contributed by atoms with Crippen molar-refractivity contribution >= 4 is 0 Å². The van der Waals surface area contributed by atoms with Crippen molar-refractivity contribution in [1.29, 1.82) is 5.26 Å². The third kappa shape index (κ3) is 4.17. The first-order chi connectivity index (χ1) is 7.88. The van der Waals surface area contributed by atoms with Gasteiger partial charge in [0.2, 0.25) is 0 Å². The fourth-order valence-electron chi connectivity index (χ4n) is 1.48. The minimum absolute atomic E-state index is 0.749. The van der Waals surface area contributed by atoms with E-state index < -0.39 is 0 Å². The number of nitrogens with one attached hydrogen (secondary N) is 1. The summed E-state index contributed by atoms with van der Waals surface area (Å²) >= 11 is 0.